The topological polar surface area (TPSA) is 26.0 Å². The summed E-state index contributed by atoms with van der Waals surface area (Å²) in [7, 11) is 0. The van der Waals surface area contributed by atoms with Crippen LogP contribution in [-0.4, -0.2) is 24.1 Å². The van der Waals surface area contributed by atoms with Crippen molar-refractivity contribution in [3.8, 4) is 0 Å². The Bertz CT molecular complexity index is 280. The molecular weight excluding hydrogens is 267 g/mol. The Labute approximate surface area is 99.5 Å². The Kier molecular flexibility index (Phi) is 4.19. The predicted octanol–water partition coefficient (Wildman–Crippen LogP) is 3.73. The highest BCUT2D eigenvalue weighted by Gasteiger charge is 2.75. The largest absolute Gasteiger partial charge is 0.459 e. The lowest BCUT2D eigenvalue weighted by Gasteiger charge is -2.37. The highest BCUT2D eigenvalue weighted by atomic mass is 19.4. The van der Waals surface area contributed by atoms with Gasteiger partial charge in [-0.15, -0.1) is 0 Å². The van der Waals surface area contributed by atoms with Crippen molar-refractivity contribution in [1.29, 1.82) is 0 Å². The molecule has 0 radical (unpaired) electrons. The number of nitrogens with two attached hydrogens (primary N) is 1. The molecule has 1 rings (SSSR count). The van der Waals surface area contributed by atoms with E-state index in [1.165, 1.54) is 0 Å². The van der Waals surface area contributed by atoms with E-state index >= 15 is 0 Å². The Morgan fingerprint density at radius 1 is 0.833 bits per heavy atom. The van der Waals surface area contributed by atoms with Crippen LogP contribution in [0.25, 0.3) is 0 Å². The lowest BCUT2D eigenvalue weighted by Crippen LogP contribution is -2.62. The Balaban J connectivity index is 2.90. The second-order valence-corrected chi connectivity index (χ2v) is 4.62. The minimum atomic E-state index is -6.30. The summed E-state index contributed by atoms with van der Waals surface area (Å²) in [5, 5.41) is 0. The van der Waals surface area contributed by atoms with Gasteiger partial charge in [-0.25, -0.2) is 0 Å². The maximum atomic E-state index is 13.3. The van der Waals surface area contributed by atoms with Crippen LogP contribution in [0.4, 0.5) is 30.7 Å². The molecule has 0 aliphatic heterocycles. The van der Waals surface area contributed by atoms with E-state index in [1.807, 2.05) is 0 Å². The molecule has 0 saturated heterocycles. The molecule has 0 aromatic heterocycles. The van der Waals surface area contributed by atoms with Crippen molar-refractivity contribution < 1.29 is 30.7 Å². The van der Waals surface area contributed by atoms with Crippen LogP contribution in [0.3, 0.4) is 0 Å². The second-order valence-electron chi connectivity index (χ2n) is 4.62. The number of hydrogen-bond donors (Lipinski definition) is 1. The fourth-order valence-electron chi connectivity index (χ4n) is 2.19. The van der Waals surface area contributed by atoms with Crippen LogP contribution in [0.5, 0.6) is 0 Å². The van der Waals surface area contributed by atoms with Crippen molar-refractivity contribution in [2.24, 2.45) is 11.7 Å². The van der Waals surface area contributed by atoms with Crippen LogP contribution in [0, 0.1) is 5.92 Å². The smallest absolute Gasteiger partial charge is 0.322 e. The maximum absolute atomic E-state index is 13.3. The van der Waals surface area contributed by atoms with Gasteiger partial charge >= 0.3 is 18.0 Å². The normalized spacial score (nSPS) is 22.0. The fourth-order valence-corrected chi connectivity index (χ4v) is 2.19. The average molecular weight is 281 g/mol. The first-order chi connectivity index (χ1) is 8.02. The summed E-state index contributed by atoms with van der Waals surface area (Å²) in [6.07, 6.45) is -4.19. The van der Waals surface area contributed by atoms with E-state index in [0.717, 1.165) is 6.42 Å². The van der Waals surface area contributed by atoms with Crippen LogP contribution in [-0.2, 0) is 0 Å². The average Bonchev–Trinajstić information content (AvgIpc) is 2.27. The molecule has 18 heavy (non-hydrogen) atoms. The van der Waals surface area contributed by atoms with Gasteiger partial charge in [0.2, 0.25) is 0 Å². The van der Waals surface area contributed by atoms with Gasteiger partial charge in [0.1, 0.15) is 0 Å². The van der Waals surface area contributed by atoms with E-state index in [9.17, 15) is 30.7 Å². The molecule has 0 aromatic carbocycles. The van der Waals surface area contributed by atoms with Gasteiger partial charge in [0.15, 0.2) is 0 Å². The molecule has 0 amide bonds. The van der Waals surface area contributed by atoms with Crippen molar-refractivity contribution in [2.45, 2.75) is 56.2 Å². The molecule has 8 heteroatoms. The molecule has 1 aliphatic carbocycles. The number of rotatable bonds is 3. The third kappa shape index (κ3) is 2.57. The number of alkyl halides is 7. The summed E-state index contributed by atoms with van der Waals surface area (Å²) in [5.41, 5.74) is 4.98. The monoisotopic (exact) mass is 281 g/mol. The zero-order valence-electron chi connectivity index (χ0n) is 9.41. The summed E-state index contributed by atoms with van der Waals surface area (Å²) in [6, 6.07) is -2.48. The maximum Gasteiger partial charge on any atom is 0.459 e. The predicted molar refractivity (Wildman–Crippen MR) is 50.5 cm³/mol. The van der Waals surface area contributed by atoms with Gasteiger partial charge in [-0.2, -0.15) is 30.7 Å². The van der Waals surface area contributed by atoms with Gasteiger partial charge in [-0.05, 0) is 18.8 Å². The summed E-state index contributed by atoms with van der Waals surface area (Å²) >= 11 is 0. The van der Waals surface area contributed by atoms with Crippen LogP contribution >= 0.6 is 0 Å². The molecule has 1 nitrogen and oxygen atoms in total. The molecule has 1 fully saturated rings. The number of halogens is 7. The summed E-state index contributed by atoms with van der Waals surface area (Å²) in [4.78, 5) is 0. The third-order valence-electron chi connectivity index (χ3n) is 3.35. The van der Waals surface area contributed by atoms with E-state index in [2.05, 4.69) is 0 Å². The van der Waals surface area contributed by atoms with Gasteiger partial charge in [-0.3, -0.25) is 0 Å². The lowest BCUT2D eigenvalue weighted by atomic mass is 9.80. The van der Waals surface area contributed by atoms with E-state index in [0.29, 0.717) is 12.8 Å². The van der Waals surface area contributed by atoms with E-state index in [-0.39, 0.29) is 12.8 Å². The van der Waals surface area contributed by atoms with Crippen molar-refractivity contribution in [3.63, 3.8) is 0 Å². The molecule has 108 valence electrons. The fraction of sp³-hybridized carbons (Fsp3) is 1.00. The van der Waals surface area contributed by atoms with Gasteiger partial charge in [0.25, 0.3) is 0 Å². The number of hydrogen-bond acceptors (Lipinski definition) is 1. The van der Waals surface area contributed by atoms with Crippen molar-refractivity contribution in [1.82, 2.24) is 0 Å². The zero-order chi connectivity index (χ0) is 14.2. The second kappa shape index (κ2) is 4.86. The van der Waals surface area contributed by atoms with Crippen molar-refractivity contribution >= 4 is 0 Å². The van der Waals surface area contributed by atoms with Crippen molar-refractivity contribution in [2.75, 3.05) is 0 Å². The first kappa shape index (κ1) is 15.5. The molecule has 2 N–H and O–H groups in total. The molecule has 0 spiro atoms. The minimum absolute atomic E-state index is 0.157. The Morgan fingerprint density at radius 2 is 1.28 bits per heavy atom. The summed E-state index contributed by atoms with van der Waals surface area (Å²) in [5.74, 6) is -12.4. The highest BCUT2D eigenvalue weighted by Crippen LogP contribution is 2.49. The molecule has 1 aliphatic rings. The standard InChI is InChI=1S/C10H14F7N/c11-8(12,9(13,14)10(15,16)17)7(18)6-4-2-1-3-5-6/h6-7H,1-5,18H2/t7-/m0/s1. The van der Waals surface area contributed by atoms with Crippen LogP contribution in [0.1, 0.15) is 32.1 Å². The molecular formula is C10H14F7N. The quantitative estimate of drug-likeness (QED) is 0.784. The van der Waals surface area contributed by atoms with E-state index in [4.69, 9.17) is 5.73 Å². The van der Waals surface area contributed by atoms with E-state index in [1.54, 1.807) is 0 Å². The lowest BCUT2D eigenvalue weighted by molar-refractivity contribution is -0.361. The molecule has 0 bridgehead atoms. The summed E-state index contributed by atoms with van der Waals surface area (Å²) in [6.45, 7) is 0. The SMILES string of the molecule is N[C@@H](C1CCCCC1)C(F)(F)C(F)(F)C(F)(F)F. The zero-order valence-corrected chi connectivity index (χ0v) is 9.41. The minimum Gasteiger partial charge on any atom is -0.322 e. The van der Waals surface area contributed by atoms with Gasteiger partial charge < -0.3 is 5.73 Å². The van der Waals surface area contributed by atoms with Gasteiger partial charge in [0.05, 0.1) is 6.04 Å². The first-order valence-corrected chi connectivity index (χ1v) is 5.59. The van der Waals surface area contributed by atoms with Crippen LogP contribution < -0.4 is 5.73 Å². The first-order valence-electron chi connectivity index (χ1n) is 5.59. The molecule has 1 atom stereocenters. The Hall–Kier alpha value is -0.530. The van der Waals surface area contributed by atoms with Gasteiger partial charge in [0, 0.05) is 0 Å². The van der Waals surface area contributed by atoms with Crippen LogP contribution in [0.2, 0.25) is 0 Å². The Morgan fingerprint density at radius 3 is 1.67 bits per heavy atom. The van der Waals surface area contributed by atoms with Gasteiger partial charge in [-0.1, -0.05) is 19.3 Å². The van der Waals surface area contributed by atoms with Crippen molar-refractivity contribution in [3.05, 3.63) is 0 Å². The third-order valence-corrected chi connectivity index (χ3v) is 3.35. The molecule has 0 heterocycles. The highest BCUT2D eigenvalue weighted by molar-refractivity contribution is 5.00. The van der Waals surface area contributed by atoms with Crippen LogP contribution in [0.15, 0.2) is 0 Å². The molecule has 1 saturated carbocycles. The summed E-state index contributed by atoms with van der Waals surface area (Å²) < 4.78 is 88.0. The van der Waals surface area contributed by atoms with E-state index < -0.39 is 30.0 Å². The molecule has 0 unspecified atom stereocenters. The molecule has 0 aromatic rings.